The molecule has 1 N–H and O–H groups in total. The molecule has 1 aromatic carbocycles. The third-order valence-corrected chi connectivity index (χ3v) is 5.26. The van der Waals surface area contributed by atoms with Crippen molar-refractivity contribution in [2.75, 3.05) is 18.6 Å². The summed E-state index contributed by atoms with van der Waals surface area (Å²) in [6.07, 6.45) is 3.99. The zero-order chi connectivity index (χ0) is 15.9. The van der Waals surface area contributed by atoms with Crippen LogP contribution in [0.25, 0.3) is 0 Å². The highest BCUT2D eigenvalue weighted by atomic mass is 35.5. The minimum Gasteiger partial charge on any atom is -0.338 e. The molecule has 8 heteroatoms. The molecule has 5 nitrogen and oxygen atoms in total. The Labute approximate surface area is 138 Å². The molecule has 1 aliphatic heterocycles. The molecule has 2 heterocycles. The smallest absolute Gasteiger partial charge is 0.224 e. The molecule has 0 aliphatic carbocycles. The zero-order valence-corrected chi connectivity index (χ0v) is 14.4. The number of halogens is 2. The normalized spacial score (nSPS) is 13.3. The summed E-state index contributed by atoms with van der Waals surface area (Å²) in [6, 6.07) is 3.83. The second-order valence-electron chi connectivity index (χ2n) is 5.30. The molecule has 0 amide bonds. The van der Waals surface area contributed by atoms with Crippen LogP contribution in [0.1, 0.15) is 5.56 Å². The predicted octanol–water partition coefficient (Wildman–Crippen LogP) is 4.03. The molecule has 1 aliphatic rings. The minimum absolute atomic E-state index is 0.0869. The molecule has 114 valence electrons. The fourth-order valence-electron chi connectivity index (χ4n) is 2.37. The predicted molar refractivity (Wildman–Crippen MR) is 92.7 cm³/mol. The Bertz CT molecular complexity index is 832. The van der Waals surface area contributed by atoms with E-state index in [1.807, 2.05) is 18.3 Å². The van der Waals surface area contributed by atoms with Gasteiger partial charge < -0.3 is 9.88 Å². The van der Waals surface area contributed by atoms with Gasteiger partial charge in [0.25, 0.3) is 0 Å². The van der Waals surface area contributed by atoms with Gasteiger partial charge in [0, 0.05) is 12.6 Å². The van der Waals surface area contributed by atoms with Crippen LogP contribution < -0.4 is 10.6 Å². The average molecular weight is 355 g/mol. The van der Waals surface area contributed by atoms with Crippen molar-refractivity contribution in [1.82, 2.24) is 9.97 Å². The van der Waals surface area contributed by atoms with Crippen molar-refractivity contribution in [3.63, 3.8) is 0 Å². The zero-order valence-electron chi connectivity index (χ0n) is 12.0. The molecule has 2 aromatic rings. The molecule has 0 unspecified atom stereocenters. The number of nitrogens with zero attached hydrogens (tertiary/aromatic N) is 3. The van der Waals surface area contributed by atoms with Gasteiger partial charge >= 0.3 is 0 Å². The molecule has 0 spiro atoms. The second-order valence-corrected chi connectivity index (χ2v) is 9.19. The SMILES string of the molecule is CP(C)(=O)c1c(Nc2nc(Cl)ncc2Cl)ccc2c1N=CC2. The number of aliphatic imine (C=N–C) groups is 1. The maximum atomic E-state index is 12.7. The molecule has 0 saturated carbocycles. The van der Waals surface area contributed by atoms with Crippen molar-refractivity contribution >= 4 is 59.1 Å². The molecule has 0 bridgehead atoms. The number of fused-ring (bicyclic) bond motifs is 1. The van der Waals surface area contributed by atoms with Gasteiger partial charge in [-0.1, -0.05) is 17.7 Å². The van der Waals surface area contributed by atoms with Gasteiger partial charge in [0.1, 0.15) is 12.2 Å². The third kappa shape index (κ3) is 2.89. The highest BCUT2D eigenvalue weighted by Gasteiger charge is 2.25. The highest BCUT2D eigenvalue weighted by molar-refractivity contribution is 7.70. The summed E-state index contributed by atoms with van der Waals surface area (Å²) < 4.78 is 12.7. The van der Waals surface area contributed by atoms with Crippen LogP contribution in [0.4, 0.5) is 17.2 Å². The molecule has 0 saturated heterocycles. The highest BCUT2D eigenvalue weighted by Crippen LogP contribution is 2.45. The third-order valence-electron chi connectivity index (χ3n) is 3.27. The summed E-state index contributed by atoms with van der Waals surface area (Å²) in [7, 11) is -2.56. The standard InChI is InChI=1S/C14H13Cl2N4OP/c1-22(2,21)12-10(4-3-8-5-6-17-11(8)12)19-13-9(15)7-18-14(16)20-13/h3-4,6-7H,5H2,1-2H3,(H,18,19,20). The van der Waals surface area contributed by atoms with Crippen LogP contribution in [-0.4, -0.2) is 29.5 Å². The van der Waals surface area contributed by atoms with Gasteiger partial charge in [-0.3, -0.25) is 4.99 Å². The minimum atomic E-state index is -2.56. The average Bonchev–Trinajstić information content (AvgIpc) is 2.89. The van der Waals surface area contributed by atoms with Crippen molar-refractivity contribution in [2.45, 2.75) is 6.42 Å². The Morgan fingerprint density at radius 1 is 1.27 bits per heavy atom. The topological polar surface area (TPSA) is 67.2 Å². The first kappa shape index (κ1) is 15.5. The van der Waals surface area contributed by atoms with Gasteiger partial charge in [-0.2, -0.15) is 4.98 Å². The van der Waals surface area contributed by atoms with Gasteiger partial charge in [0.05, 0.1) is 22.9 Å². The number of benzene rings is 1. The van der Waals surface area contributed by atoms with E-state index >= 15 is 0 Å². The molecule has 1 aromatic heterocycles. The summed E-state index contributed by atoms with van der Waals surface area (Å²) in [5.74, 6) is 0.373. The van der Waals surface area contributed by atoms with E-state index in [0.717, 1.165) is 17.7 Å². The first-order valence-electron chi connectivity index (χ1n) is 6.55. The fraction of sp³-hybridized carbons (Fsp3) is 0.214. The Hall–Kier alpha value is -1.42. The van der Waals surface area contributed by atoms with Crippen molar-refractivity contribution in [3.05, 3.63) is 34.2 Å². The van der Waals surface area contributed by atoms with E-state index in [-0.39, 0.29) is 5.28 Å². The van der Waals surface area contributed by atoms with E-state index in [0.29, 0.717) is 21.8 Å². The first-order valence-corrected chi connectivity index (χ1v) is 9.91. The molecular weight excluding hydrogens is 342 g/mol. The Kier molecular flexibility index (Phi) is 3.98. The number of anilines is 2. The summed E-state index contributed by atoms with van der Waals surface area (Å²) in [6.45, 7) is 3.44. The lowest BCUT2D eigenvalue weighted by Crippen LogP contribution is -2.12. The Balaban J connectivity index is 2.14. The monoisotopic (exact) mass is 354 g/mol. The molecular formula is C14H13Cl2N4OP. The van der Waals surface area contributed by atoms with Crippen LogP contribution in [0, 0.1) is 0 Å². The number of hydrogen-bond acceptors (Lipinski definition) is 5. The second kappa shape index (κ2) is 5.65. The summed E-state index contributed by atoms with van der Waals surface area (Å²) in [4.78, 5) is 12.3. The van der Waals surface area contributed by atoms with Gasteiger partial charge in [-0.05, 0) is 36.6 Å². The van der Waals surface area contributed by atoms with Crippen LogP contribution >= 0.6 is 30.3 Å². The number of hydrogen-bond donors (Lipinski definition) is 1. The lowest BCUT2D eigenvalue weighted by molar-refractivity contribution is 0.588. The first-order chi connectivity index (χ1) is 10.4. The summed E-state index contributed by atoms with van der Waals surface area (Å²) >= 11 is 11.9. The van der Waals surface area contributed by atoms with E-state index in [1.54, 1.807) is 13.3 Å². The van der Waals surface area contributed by atoms with E-state index < -0.39 is 7.14 Å². The van der Waals surface area contributed by atoms with Crippen molar-refractivity contribution < 1.29 is 4.57 Å². The summed E-state index contributed by atoms with van der Waals surface area (Å²) in [5, 5.41) is 4.22. The van der Waals surface area contributed by atoms with Gasteiger partial charge in [0.2, 0.25) is 5.28 Å². The largest absolute Gasteiger partial charge is 0.338 e. The van der Waals surface area contributed by atoms with E-state index in [4.69, 9.17) is 23.2 Å². The van der Waals surface area contributed by atoms with Crippen LogP contribution in [0.15, 0.2) is 23.3 Å². The molecule has 0 radical (unpaired) electrons. The number of rotatable bonds is 3. The number of nitrogens with one attached hydrogen (secondary N) is 1. The quantitative estimate of drug-likeness (QED) is 0.667. The lowest BCUT2D eigenvalue weighted by Gasteiger charge is -2.18. The van der Waals surface area contributed by atoms with Crippen LogP contribution in [-0.2, 0) is 11.0 Å². The van der Waals surface area contributed by atoms with Crippen molar-refractivity contribution in [1.29, 1.82) is 0 Å². The van der Waals surface area contributed by atoms with Crippen LogP contribution in [0.5, 0.6) is 0 Å². The van der Waals surface area contributed by atoms with E-state index in [9.17, 15) is 4.57 Å². The van der Waals surface area contributed by atoms with Crippen molar-refractivity contribution in [3.8, 4) is 0 Å². The Morgan fingerprint density at radius 3 is 2.77 bits per heavy atom. The van der Waals surface area contributed by atoms with Gasteiger partial charge in [0.15, 0.2) is 5.82 Å². The molecule has 3 rings (SSSR count). The number of aromatic nitrogens is 2. The summed E-state index contributed by atoms with van der Waals surface area (Å²) in [5.41, 5.74) is 2.51. The molecule has 0 fully saturated rings. The maximum absolute atomic E-state index is 12.7. The fourth-order valence-corrected chi connectivity index (χ4v) is 4.07. The molecule has 22 heavy (non-hydrogen) atoms. The van der Waals surface area contributed by atoms with Crippen LogP contribution in [0.3, 0.4) is 0 Å². The maximum Gasteiger partial charge on any atom is 0.224 e. The van der Waals surface area contributed by atoms with E-state index in [1.165, 1.54) is 6.20 Å². The molecule has 0 atom stereocenters. The van der Waals surface area contributed by atoms with Crippen molar-refractivity contribution in [2.24, 2.45) is 4.99 Å². The van der Waals surface area contributed by atoms with Gasteiger partial charge in [-0.15, -0.1) is 0 Å². The van der Waals surface area contributed by atoms with Crippen LogP contribution in [0.2, 0.25) is 10.3 Å². The van der Waals surface area contributed by atoms with E-state index in [2.05, 4.69) is 20.3 Å². The Morgan fingerprint density at radius 2 is 2.05 bits per heavy atom. The van der Waals surface area contributed by atoms with Gasteiger partial charge in [-0.25, -0.2) is 4.98 Å². The lowest BCUT2D eigenvalue weighted by atomic mass is 10.1.